The Morgan fingerprint density at radius 2 is 1.94 bits per heavy atom. The molecule has 1 aliphatic carbocycles. The van der Waals surface area contributed by atoms with E-state index in [1.54, 1.807) is 0 Å². The Labute approximate surface area is 111 Å². The first-order chi connectivity index (χ1) is 8.86. The van der Waals surface area contributed by atoms with Gasteiger partial charge >= 0.3 is 0 Å². The molecular formula is C15H26N2O. The van der Waals surface area contributed by atoms with Crippen LogP contribution in [0.1, 0.15) is 44.9 Å². The van der Waals surface area contributed by atoms with Gasteiger partial charge in [-0.25, -0.2) is 0 Å². The number of nitrogens with zero attached hydrogens (tertiary/aromatic N) is 1. The zero-order chi connectivity index (χ0) is 12.6. The summed E-state index contributed by atoms with van der Waals surface area (Å²) in [5.74, 6) is 0.480. The van der Waals surface area contributed by atoms with Crippen molar-refractivity contribution in [2.75, 3.05) is 26.2 Å². The van der Waals surface area contributed by atoms with E-state index in [1.165, 1.54) is 38.8 Å². The van der Waals surface area contributed by atoms with Crippen molar-refractivity contribution < 1.29 is 4.79 Å². The van der Waals surface area contributed by atoms with E-state index in [2.05, 4.69) is 22.4 Å². The molecule has 1 aliphatic heterocycles. The molecule has 2 rings (SSSR count). The molecular weight excluding hydrogens is 224 g/mol. The van der Waals surface area contributed by atoms with Crippen LogP contribution in [0.5, 0.6) is 0 Å². The molecule has 1 saturated heterocycles. The maximum atomic E-state index is 11.9. The van der Waals surface area contributed by atoms with Gasteiger partial charge in [-0.15, -0.1) is 0 Å². The largest absolute Gasteiger partial charge is 0.355 e. The van der Waals surface area contributed by atoms with Crippen molar-refractivity contribution in [3.63, 3.8) is 0 Å². The topological polar surface area (TPSA) is 32.3 Å². The number of amides is 1. The molecule has 1 amide bonds. The van der Waals surface area contributed by atoms with Gasteiger partial charge < -0.3 is 10.2 Å². The molecule has 1 heterocycles. The molecule has 0 aromatic heterocycles. The molecule has 0 radical (unpaired) electrons. The fourth-order valence-corrected chi connectivity index (χ4v) is 2.87. The van der Waals surface area contributed by atoms with Crippen LogP contribution in [0.3, 0.4) is 0 Å². The van der Waals surface area contributed by atoms with E-state index in [-0.39, 0.29) is 11.8 Å². The number of allylic oxidation sites excluding steroid dienone is 2. The first kappa shape index (κ1) is 13.6. The predicted octanol–water partition coefficient (Wildman–Crippen LogP) is 2.33. The van der Waals surface area contributed by atoms with E-state index in [9.17, 15) is 4.79 Å². The highest BCUT2D eigenvalue weighted by molar-refractivity contribution is 5.78. The first-order valence-electron chi connectivity index (χ1n) is 7.51. The van der Waals surface area contributed by atoms with Crippen LogP contribution in [-0.4, -0.2) is 37.0 Å². The lowest BCUT2D eigenvalue weighted by Crippen LogP contribution is -2.38. The number of likely N-dealkylation sites (tertiary alicyclic amines) is 1. The van der Waals surface area contributed by atoms with E-state index in [0.717, 1.165) is 32.4 Å². The van der Waals surface area contributed by atoms with Crippen molar-refractivity contribution in [1.29, 1.82) is 0 Å². The average Bonchev–Trinajstić information content (AvgIpc) is 2.68. The second kappa shape index (κ2) is 7.57. The Bertz CT molecular complexity index is 280. The van der Waals surface area contributed by atoms with Crippen molar-refractivity contribution in [1.82, 2.24) is 10.2 Å². The number of hydrogen-bond donors (Lipinski definition) is 1. The molecule has 18 heavy (non-hydrogen) atoms. The maximum absolute atomic E-state index is 11.9. The summed E-state index contributed by atoms with van der Waals surface area (Å²) in [6.45, 7) is 4.26. The molecule has 0 bridgehead atoms. The van der Waals surface area contributed by atoms with Crippen LogP contribution >= 0.6 is 0 Å². The Hall–Kier alpha value is -0.830. The van der Waals surface area contributed by atoms with Crippen LogP contribution in [0.15, 0.2) is 12.2 Å². The summed E-state index contributed by atoms with van der Waals surface area (Å²) in [5.41, 5.74) is 0. The Balaban J connectivity index is 1.61. The lowest BCUT2D eigenvalue weighted by Gasteiger charge is -2.21. The number of carbonyl (C=O) groups excluding carboxylic acids is 1. The lowest BCUT2D eigenvalue weighted by atomic mass is 9.94. The van der Waals surface area contributed by atoms with Crippen molar-refractivity contribution in [3.8, 4) is 0 Å². The van der Waals surface area contributed by atoms with Crippen LogP contribution in [0.2, 0.25) is 0 Å². The van der Waals surface area contributed by atoms with Crippen molar-refractivity contribution in [2.24, 2.45) is 5.92 Å². The molecule has 3 nitrogen and oxygen atoms in total. The minimum atomic E-state index is 0.221. The molecule has 2 aliphatic rings. The smallest absolute Gasteiger partial charge is 0.223 e. The Morgan fingerprint density at radius 3 is 2.61 bits per heavy atom. The maximum Gasteiger partial charge on any atom is 0.223 e. The van der Waals surface area contributed by atoms with Crippen LogP contribution in [0.4, 0.5) is 0 Å². The number of hydrogen-bond acceptors (Lipinski definition) is 2. The summed E-state index contributed by atoms with van der Waals surface area (Å²) in [6.07, 6.45) is 12.7. The third-order valence-corrected chi connectivity index (χ3v) is 4.07. The second-order valence-corrected chi connectivity index (χ2v) is 5.53. The molecule has 0 spiro atoms. The van der Waals surface area contributed by atoms with E-state index < -0.39 is 0 Å². The molecule has 0 saturated carbocycles. The summed E-state index contributed by atoms with van der Waals surface area (Å²) < 4.78 is 0. The quantitative estimate of drug-likeness (QED) is 0.777. The van der Waals surface area contributed by atoms with Crippen LogP contribution in [-0.2, 0) is 4.79 Å². The molecule has 3 heteroatoms. The van der Waals surface area contributed by atoms with Gasteiger partial charge in [0.25, 0.3) is 0 Å². The van der Waals surface area contributed by atoms with E-state index in [4.69, 9.17) is 0 Å². The molecule has 1 atom stereocenters. The zero-order valence-corrected chi connectivity index (χ0v) is 11.4. The van der Waals surface area contributed by atoms with Gasteiger partial charge in [-0.2, -0.15) is 0 Å². The summed E-state index contributed by atoms with van der Waals surface area (Å²) in [4.78, 5) is 14.4. The monoisotopic (exact) mass is 250 g/mol. The highest BCUT2D eigenvalue weighted by atomic mass is 16.1. The zero-order valence-electron chi connectivity index (χ0n) is 11.4. The second-order valence-electron chi connectivity index (χ2n) is 5.53. The van der Waals surface area contributed by atoms with Gasteiger partial charge in [0, 0.05) is 19.0 Å². The average molecular weight is 250 g/mol. The Kier molecular flexibility index (Phi) is 5.72. The minimum Gasteiger partial charge on any atom is -0.355 e. The molecule has 0 unspecified atom stereocenters. The Morgan fingerprint density at radius 1 is 1.17 bits per heavy atom. The van der Waals surface area contributed by atoms with Crippen molar-refractivity contribution in [2.45, 2.75) is 44.9 Å². The van der Waals surface area contributed by atoms with Crippen LogP contribution < -0.4 is 5.32 Å². The third kappa shape index (κ3) is 4.45. The van der Waals surface area contributed by atoms with E-state index in [1.807, 2.05) is 0 Å². The van der Waals surface area contributed by atoms with Gasteiger partial charge in [-0.1, -0.05) is 25.0 Å². The van der Waals surface area contributed by atoms with Crippen LogP contribution in [0, 0.1) is 5.92 Å². The molecule has 1 fully saturated rings. The standard InChI is InChI=1S/C15H26N2O/c18-15(14-8-4-3-5-9-14)16-10-13-17-11-6-1-2-7-12-17/h3-4,14H,1-2,5-13H2,(H,16,18)/t14-/m0/s1. The van der Waals surface area contributed by atoms with Gasteiger partial charge in [0.2, 0.25) is 5.91 Å². The predicted molar refractivity (Wildman–Crippen MR) is 74.4 cm³/mol. The number of rotatable bonds is 4. The highest BCUT2D eigenvalue weighted by Gasteiger charge is 2.18. The molecule has 1 N–H and O–H groups in total. The highest BCUT2D eigenvalue weighted by Crippen LogP contribution is 2.17. The van der Waals surface area contributed by atoms with Gasteiger partial charge in [-0.05, 0) is 45.2 Å². The van der Waals surface area contributed by atoms with E-state index in [0.29, 0.717) is 0 Å². The van der Waals surface area contributed by atoms with Gasteiger partial charge in [-0.3, -0.25) is 4.79 Å². The summed E-state index contributed by atoms with van der Waals surface area (Å²) in [7, 11) is 0. The lowest BCUT2D eigenvalue weighted by molar-refractivity contribution is -0.125. The van der Waals surface area contributed by atoms with Crippen molar-refractivity contribution >= 4 is 5.91 Å². The summed E-state index contributed by atoms with van der Waals surface area (Å²) >= 11 is 0. The fourth-order valence-electron chi connectivity index (χ4n) is 2.87. The van der Waals surface area contributed by atoms with Gasteiger partial charge in [0.1, 0.15) is 0 Å². The SMILES string of the molecule is O=C(NCCN1CCCCCC1)[C@H]1CC=CCC1. The van der Waals surface area contributed by atoms with Gasteiger partial charge in [0.15, 0.2) is 0 Å². The summed E-state index contributed by atoms with van der Waals surface area (Å²) in [5, 5.41) is 3.11. The van der Waals surface area contributed by atoms with E-state index >= 15 is 0 Å². The summed E-state index contributed by atoms with van der Waals surface area (Å²) in [6, 6.07) is 0. The fraction of sp³-hybridized carbons (Fsp3) is 0.800. The minimum absolute atomic E-state index is 0.221. The normalized spacial score (nSPS) is 25.7. The van der Waals surface area contributed by atoms with Crippen LogP contribution in [0.25, 0.3) is 0 Å². The first-order valence-corrected chi connectivity index (χ1v) is 7.51. The molecule has 0 aromatic carbocycles. The van der Waals surface area contributed by atoms with Gasteiger partial charge in [0.05, 0.1) is 0 Å². The molecule has 0 aromatic rings. The van der Waals surface area contributed by atoms with Crippen molar-refractivity contribution in [3.05, 3.63) is 12.2 Å². The number of nitrogens with one attached hydrogen (secondary N) is 1. The molecule has 102 valence electrons. The third-order valence-electron chi connectivity index (χ3n) is 4.07. The number of carbonyl (C=O) groups is 1.